The van der Waals surface area contributed by atoms with Crippen molar-refractivity contribution in [3.05, 3.63) is 71.3 Å². The highest BCUT2D eigenvalue weighted by Crippen LogP contribution is 2.20. The number of nitrogens with zero attached hydrogens (tertiary/aromatic N) is 1. The van der Waals surface area contributed by atoms with Gasteiger partial charge < -0.3 is 4.48 Å². The van der Waals surface area contributed by atoms with Gasteiger partial charge in [-0.3, -0.25) is 0 Å². The first kappa shape index (κ1) is 15.8. The molecule has 0 spiro atoms. The molecule has 0 N–H and O–H groups in total. The van der Waals surface area contributed by atoms with Crippen LogP contribution in [0.3, 0.4) is 0 Å². The quantitative estimate of drug-likeness (QED) is 0.648. The average molecular weight is 282 g/mol. The minimum Gasteiger partial charge on any atom is -0.321 e. The molecule has 21 heavy (non-hydrogen) atoms. The van der Waals surface area contributed by atoms with Crippen LogP contribution in [0.25, 0.3) is 0 Å². The molecule has 112 valence electrons. The molecule has 0 heterocycles. The highest BCUT2D eigenvalue weighted by Gasteiger charge is 2.22. The lowest BCUT2D eigenvalue weighted by Crippen LogP contribution is -2.46. The van der Waals surface area contributed by atoms with E-state index in [0.29, 0.717) is 0 Å². The molecular weight excluding hydrogens is 254 g/mol. The standard InChI is InChI=1S/C20H28N/c1-4-21(5-2,6-3)17-20-15-11-10-14-19(20)16-18-12-8-7-9-13-18/h7-15H,4-6,16-17H2,1-3H3/q+1. The van der Waals surface area contributed by atoms with E-state index in [1.165, 1.54) is 40.8 Å². The second-order valence-corrected chi connectivity index (χ2v) is 5.88. The zero-order valence-corrected chi connectivity index (χ0v) is 13.7. The van der Waals surface area contributed by atoms with Gasteiger partial charge in [-0.05, 0) is 38.3 Å². The lowest BCUT2D eigenvalue weighted by atomic mass is 9.99. The van der Waals surface area contributed by atoms with Gasteiger partial charge in [0, 0.05) is 5.56 Å². The van der Waals surface area contributed by atoms with Gasteiger partial charge in [0.05, 0.1) is 19.6 Å². The summed E-state index contributed by atoms with van der Waals surface area (Å²) in [5.74, 6) is 0. The molecule has 2 aromatic carbocycles. The molecule has 2 rings (SSSR count). The molecule has 0 aliphatic heterocycles. The zero-order chi connectivity index (χ0) is 15.1. The summed E-state index contributed by atoms with van der Waals surface area (Å²) in [5.41, 5.74) is 4.38. The van der Waals surface area contributed by atoms with E-state index in [1.807, 2.05) is 0 Å². The van der Waals surface area contributed by atoms with Crippen LogP contribution < -0.4 is 0 Å². The van der Waals surface area contributed by atoms with Crippen molar-refractivity contribution >= 4 is 0 Å². The second-order valence-electron chi connectivity index (χ2n) is 5.88. The summed E-state index contributed by atoms with van der Waals surface area (Å²) >= 11 is 0. The SMILES string of the molecule is CC[N+](CC)(CC)Cc1ccccc1Cc1ccccc1. The third-order valence-electron chi connectivity index (χ3n) is 4.87. The zero-order valence-electron chi connectivity index (χ0n) is 13.7. The second kappa shape index (κ2) is 7.42. The van der Waals surface area contributed by atoms with Crippen LogP contribution in [0, 0.1) is 0 Å². The Kier molecular flexibility index (Phi) is 5.58. The fourth-order valence-electron chi connectivity index (χ4n) is 3.07. The van der Waals surface area contributed by atoms with E-state index < -0.39 is 0 Å². The first-order chi connectivity index (χ1) is 10.2. The maximum Gasteiger partial charge on any atom is 0.105 e. The molecule has 0 amide bonds. The highest BCUT2D eigenvalue weighted by atomic mass is 15.3. The molecule has 0 fully saturated rings. The minimum atomic E-state index is 1.04. The third-order valence-corrected chi connectivity index (χ3v) is 4.87. The fourth-order valence-corrected chi connectivity index (χ4v) is 3.07. The van der Waals surface area contributed by atoms with E-state index in [9.17, 15) is 0 Å². The number of hydrogen-bond acceptors (Lipinski definition) is 0. The smallest absolute Gasteiger partial charge is 0.105 e. The van der Waals surface area contributed by atoms with Crippen LogP contribution >= 0.6 is 0 Å². The van der Waals surface area contributed by atoms with E-state index in [0.717, 1.165) is 13.0 Å². The van der Waals surface area contributed by atoms with Crippen molar-refractivity contribution in [3.8, 4) is 0 Å². The Morgan fingerprint density at radius 2 is 1.19 bits per heavy atom. The van der Waals surface area contributed by atoms with Crippen LogP contribution in [0.2, 0.25) is 0 Å². The molecule has 0 aromatic heterocycles. The predicted octanol–water partition coefficient (Wildman–Crippen LogP) is 4.65. The van der Waals surface area contributed by atoms with Crippen molar-refractivity contribution in [2.24, 2.45) is 0 Å². The molecule has 0 aliphatic carbocycles. The monoisotopic (exact) mass is 282 g/mol. The first-order valence-electron chi connectivity index (χ1n) is 8.18. The topological polar surface area (TPSA) is 0 Å². The summed E-state index contributed by atoms with van der Waals surface area (Å²) < 4.78 is 1.17. The average Bonchev–Trinajstić information content (AvgIpc) is 2.55. The van der Waals surface area contributed by atoms with Crippen LogP contribution in [0.15, 0.2) is 54.6 Å². The Morgan fingerprint density at radius 1 is 0.667 bits per heavy atom. The van der Waals surface area contributed by atoms with Crippen molar-refractivity contribution in [2.75, 3.05) is 19.6 Å². The Balaban J connectivity index is 2.24. The molecule has 0 atom stereocenters. The molecule has 0 unspecified atom stereocenters. The molecule has 0 bridgehead atoms. The summed E-state index contributed by atoms with van der Waals surface area (Å²) in [6.07, 6.45) is 1.04. The molecule has 0 aliphatic rings. The van der Waals surface area contributed by atoms with Crippen LogP contribution in [0.1, 0.15) is 37.5 Å². The molecule has 0 saturated heterocycles. The Labute approximate surface area is 129 Å². The van der Waals surface area contributed by atoms with E-state index in [1.54, 1.807) is 0 Å². The van der Waals surface area contributed by atoms with Gasteiger partial charge in [-0.25, -0.2) is 0 Å². The van der Waals surface area contributed by atoms with E-state index in [4.69, 9.17) is 0 Å². The predicted molar refractivity (Wildman–Crippen MR) is 91.3 cm³/mol. The normalized spacial score (nSPS) is 11.6. The van der Waals surface area contributed by atoms with Crippen LogP contribution in [-0.2, 0) is 13.0 Å². The molecule has 0 saturated carbocycles. The highest BCUT2D eigenvalue weighted by molar-refractivity contribution is 5.32. The van der Waals surface area contributed by atoms with Gasteiger partial charge in [-0.15, -0.1) is 0 Å². The van der Waals surface area contributed by atoms with Gasteiger partial charge in [0.15, 0.2) is 0 Å². The Morgan fingerprint density at radius 3 is 1.76 bits per heavy atom. The van der Waals surface area contributed by atoms with E-state index in [-0.39, 0.29) is 0 Å². The minimum absolute atomic E-state index is 1.04. The number of benzene rings is 2. The van der Waals surface area contributed by atoms with Gasteiger partial charge in [-0.1, -0.05) is 54.6 Å². The van der Waals surface area contributed by atoms with Crippen molar-refractivity contribution in [3.63, 3.8) is 0 Å². The summed E-state index contributed by atoms with van der Waals surface area (Å²) in [6.45, 7) is 11.7. The number of rotatable bonds is 7. The Bertz CT molecular complexity index is 533. The van der Waals surface area contributed by atoms with Crippen LogP contribution in [0.4, 0.5) is 0 Å². The maximum atomic E-state index is 2.31. The summed E-state index contributed by atoms with van der Waals surface area (Å²) in [5, 5.41) is 0. The molecule has 0 radical (unpaired) electrons. The Hall–Kier alpha value is -1.60. The summed E-state index contributed by atoms with van der Waals surface area (Å²) in [7, 11) is 0. The summed E-state index contributed by atoms with van der Waals surface area (Å²) in [4.78, 5) is 0. The van der Waals surface area contributed by atoms with Crippen LogP contribution in [0.5, 0.6) is 0 Å². The fraction of sp³-hybridized carbons (Fsp3) is 0.400. The van der Waals surface area contributed by atoms with Gasteiger partial charge in [0.2, 0.25) is 0 Å². The van der Waals surface area contributed by atoms with E-state index >= 15 is 0 Å². The molecule has 1 nitrogen and oxygen atoms in total. The number of quaternary nitrogens is 1. The van der Waals surface area contributed by atoms with Crippen molar-refractivity contribution in [1.82, 2.24) is 0 Å². The van der Waals surface area contributed by atoms with Crippen molar-refractivity contribution < 1.29 is 4.48 Å². The third kappa shape index (κ3) is 3.95. The van der Waals surface area contributed by atoms with Gasteiger partial charge >= 0.3 is 0 Å². The molecule has 2 aromatic rings. The van der Waals surface area contributed by atoms with Crippen LogP contribution in [-0.4, -0.2) is 24.1 Å². The maximum absolute atomic E-state index is 2.31. The number of hydrogen-bond donors (Lipinski definition) is 0. The lowest BCUT2D eigenvalue weighted by Gasteiger charge is -2.36. The van der Waals surface area contributed by atoms with Crippen molar-refractivity contribution in [1.29, 1.82) is 0 Å². The molecule has 1 heteroatoms. The molecular formula is C20H28N+. The van der Waals surface area contributed by atoms with Gasteiger partial charge in [0.25, 0.3) is 0 Å². The first-order valence-corrected chi connectivity index (χ1v) is 8.18. The van der Waals surface area contributed by atoms with Gasteiger partial charge in [-0.2, -0.15) is 0 Å². The van der Waals surface area contributed by atoms with Gasteiger partial charge in [0.1, 0.15) is 6.54 Å². The largest absolute Gasteiger partial charge is 0.321 e. The van der Waals surface area contributed by atoms with E-state index in [2.05, 4.69) is 75.4 Å². The lowest BCUT2D eigenvalue weighted by molar-refractivity contribution is -0.936. The van der Waals surface area contributed by atoms with Crippen molar-refractivity contribution in [2.45, 2.75) is 33.7 Å². The summed E-state index contributed by atoms with van der Waals surface area (Å²) in [6, 6.07) is 19.7.